The van der Waals surface area contributed by atoms with Crippen molar-refractivity contribution >= 4 is 16.7 Å². The first-order chi connectivity index (χ1) is 16.2. The number of hydrogen-bond acceptors (Lipinski definition) is 6. The number of H-pyrrole nitrogens is 1. The van der Waals surface area contributed by atoms with E-state index in [9.17, 15) is 23.2 Å². The average Bonchev–Trinajstić information content (AvgIpc) is 3.40. The maximum absolute atomic E-state index is 13.9. The molecule has 0 aliphatic carbocycles. The number of aryl methyl sites for hydroxylation is 1. The SMILES string of the molecule is COc1c(C#N)ccc2oc(-c3c(C)[nH]c4c(-c5ccccc5)c(C(F)(F)F)nn4c3=O)nc12. The molecule has 0 saturated carbocycles. The first kappa shape index (κ1) is 21.3. The van der Waals surface area contributed by atoms with Gasteiger partial charge in [-0.1, -0.05) is 30.3 Å². The van der Waals surface area contributed by atoms with Crippen LogP contribution < -0.4 is 10.3 Å². The highest BCUT2D eigenvalue weighted by Crippen LogP contribution is 2.39. The largest absolute Gasteiger partial charge is 0.493 e. The van der Waals surface area contributed by atoms with Crippen LogP contribution in [-0.2, 0) is 6.18 Å². The second-order valence-electron chi connectivity index (χ2n) is 7.40. The van der Waals surface area contributed by atoms with E-state index in [1.807, 2.05) is 6.07 Å². The molecule has 1 N–H and O–H groups in total. The third kappa shape index (κ3) is 3.11. The number of ether oxygens (including phenoxy) is 1. The fraction of sp³-hybridized carbons (Fsp3) is 0.130. The lowest BCUT2D eigenvalue weighted by molar-refractivity contribution is -0.140. The van der Waals surface area contributed by atoms with Crippen LogP contribution in [0.15, 0.2) is 51.7 Å². The topological polar surface area (TPSA) is 109 Å². The summed E-state index contributed by atoms with van der Waals surface area (Å²) in [5.74, 6) is 0.0179. The molecule has 5 rings (SSSR count). The van der Waals surface area contributed by atoms with Gasteiger partial charge in [-0.25, -0.2) is 4.98 Å². The molecule has 170 valence electrons. The number of aromatic nitrogens is 4. The molecule has 0 spiro atoms. The van der Waals surface area contributed by atoms with Crippen LogP contribution >= 0.6 is 0 Å². The van der Waals surface area contributed by atoms with E-state index in [0.717, 1.165) is 0 Å². The van der Waals surface area contributed by atoms with E-state index < -0.39 is 17.4 Å². The van der Waals surface area contributed by atoms with Crippen LogP contribution in [0.5, 0.6) is 5.75 Å². The highest BCUT2D eigenvalue weighted by molar-refractivity contribution is 5.86. The standard InChI is InChI=1S/C23H14F3N5O3/c1-11-15(21-29-17-14(34-21)9-8-13(10-27)18(17)33-2)22(32)31-20(28-11)16(12-6-4-3-5-7-12)19(30-31)23(24,25)26/h3-9,28H,1-2H3. The van der Waals surface area contributed by atoms with Crippen LogP contribution in [-0.4, -0.2) is 26.7 Å². The van der Waals surface area contributed by atoms with Crippen molar-refractivity contribution in [2.24, 2.45) is 0 Å². The van der Waals surface area contributed by atoms with E-state index in [1.165, 1.54) is 38.3 Å². The Bertz CT molecular complexity index is 1670. The number of hydrogen-bond donors (Lipinski definition) is 1. The third-order valence-corrected chi connectivity index (χ3v) is 5.36. The summed E-state index contributed by atoms with van der Waals surface area (Å²) in [6, 6.07) is 12.8. The van der Waals surface area contributed by atoms with Crippen LogP contribution in [0.3, 0.4) is 0 Å². The highest BCUT2D eigenvalue weighted by Gasteiger charge is 2.39. The molecule has 0 fully saturated rings. The van der Waals surface area contributed by atoms with Crippen LogP contribution in [0, 0.1) is 18.3 Å². The van der Waals surface area contributed by atoms with E-state index in [-0.39, 0.29) is 56.3 Å². The van der Waals surface area contributed by atoms with Gasteiger partial charge >= 0.3 is 6.18 Å². The molecule has 3 aromatic heterocycles. The molecule has 34 heavy (non-hydrogen) atoms. The second-order valence-corrected chi connectivity index (χ2v) is 7.40. The summed E-state index contributed by atoms with van der Waals surface area (Å²) in [5, 5.41) is 12.9. The van der Waals surface area contributed by atoms with Gasteiger partial charge in [0.15, 0.2) is 22.5 Å². The number of nitriles is 1. The summed E-state index contributed by atoms with van der Waals surface area (Å²) < 4.78 is 53.2. The van der Waals surface area contributed by atoms with E-state index >= 15 is 0 Å². The molecular formula is C23H14F3N5O3. The number of benzene rings is 2. The van der Waals surface area contributed by atoms with Gasteiger partial charge in [0, 0.05) is 5.69 Å². The van der Waals surface area contributed by atoms with Crippen molar-refractivity contribution in [3.63, 3.8) is 0 Å². The highest BCUT2D eigenvalue weighted by atomic mass is 19.4. The lowest BCUT2D eigenvalue weighted by atomic mass is 10.1. The van der Waals surface area contributed by atoms with E-state index in [2.05, 4.69) is 15.1 Å². The number of methoxy groups -OCH3 is 1. The summed E-state index contributed by atoms with van der Waals surface area (Å²) in [5.41, 5.74) is -1.33. The third-order valence-electron chi connectivity index (χ3n) is 5.36. The van der Waals surface area contributed by atoms with Crippen molar-refractivity contribution in [2.45, 2.75) is 13.1 Å². The minimum Gasteiger partial charge on any atom is -0.493 e. The molecule has 0 bridgehead atoms. The number of nitrogens with one attached hydrogen (secondary N) is 1. The molecule has 0 aliphatic rings. The second kappa shape index (κ2) is 7.48. The quantitative estimate of drug-likeness (QED) is 0.414. The smallest absolute Gasteiger partial charge is 0.435 e. The molecule has 11 heteroatoms. The van der Waals surface area contributed by atoms with E-state index in [4.69, 9.17) is 9.15 Å². The Hall–Kier alpha value is -4.59. The lowest BCUT2D eigenvalue weighted by Crippen LogP contribution is -2.20. The van der Waals surface area contributed by atoms with Gasteiger partial charge in [-0.15, -0.1) is 0 Å². The number of oxazole rings is 1. The molecule has 0 amide bonds. The molecule has 0 atom stereocenters. The Labute approximate surface area is 188 Å². The summed E-state index contributed by atoms with van der Waals surface area (Å²) in [6.45, 7) is 1.53. The van der Waals surface area contributed by atoms with Crippen LogP contribution in [0.25, 0.3) is 39.3 Å². The summed E-state index contributed by atoms with van der Waals surface area (Å²) in [4.78, 5) is 20.5. The number of halogens is 3. The van der Waals surface area contributed by atoms with Gasteiger partial charge in [-0.05, 0) is 24.6 Å². The van der Waals surface area contributed by atoms with Crippen molar-refractivity contribution < 1.29 is 22.3 Å². The Morgan fingerprint density at radius 3 is 2.53 bits per heavy atom. The van der Waals surface area contributed by atoms with E-state index in [0.29, 0.717) is 4.52 Å². The summed E-state index contributed by atoms with van der Waals surface area (Å²) in [6.07, 6.45) is -4.80. The molecule has 0 aliphatic heterocycles. The van der Waals surface area contributed by atoms with E-state index in [1.54, 1.807) is 18.2 Å². The Kier molecular flexibility index (Phi) is 4.68. The Morgan fingerprint density at radius 1 is 1.15 bits per heavy atom. The zero-order valence-corrected chi connectivity index (χ0v) is 17.7. The molecule has 3 heterocycles. The number of fused-ring (bicyclic) bond motifs is 2. The van der Waals surface area contributed by atoms with Crippen molar-refractivity contribution in [1.29, 1.82) is 5.26 Å². The zero-order chi connectivity index (χ0) is 24.2. The van der Waals surface area contributed by atoms with Crippen molar-refractivity contribution in [3.05, 3.63) is 69.8 Å². The van der Waals surface area contributed by atoms with Gasteiger partial charge in [-0.2, -0.15) is 28.0 Å². The van der Waals surface area contributed by atoms with Crippen molar-refractivity contribution in [1.82, 2.24) is 19.6 Å². The average molecular weight is 465 g/mol. The Balaban J connectivity index is 1.82. The molecule has 0 unspecified atom stereocenters. The lowest BCUT2D eigenvalue weighted by Gasteiger charge is -2.07. The molecule has 0 saturated heterocycles. The van der Waals surface area contributed by atoms with Gasteiger partial charge in [0.05, 0.1) is 18.2 Å². The number of aromatic amines is 1. The maximum Gasteiger partial charge on any atom is 0.435 e. The molecule has 2 aromatic carbocycles. The fourth-order valence-corrected chi connectivity index (χ4v) is 3.89. The van der Waals surface area contributed by atoms with Gasteiger partial charge in [0.2, 0.25) is 5.89 Å². The normalized spacial score (nSPS) is 11.8. The predicted molar refractivity (Wildman–Crippen MR) is 115 cm³/mol. The minimum atomic E-state index is -4.80. The molecule has 0 radical (unpaired) electrons. The summed E-state index contributed by atoms with van der Waals surface area (Å²) in [7, 11) is 1.36. The van der Waals surface area contributed by atoms with Gasteiger partial charge in [0.1, 0.15) is 17.3 Å². The van der Waals surface area contributed by atoms with Gasteiger partial charge in [-0.3, -0.25) is 4.79 Å². The fourth-order valence-electron chi connectivity index (χ4n) is 3.89. The molecule has 8 nitrogen and oxygen atoms in total. The van der Waals surface area contributed by atoms with Crippen molar-refractivity contribution in [3.8, 4) is 34.4 Å². The van der Waals surface area contributed by atoms with Crippen LogP contribution in [0.4, 0.5) is 13.2 Å². The Morgan fingerprint density at radius 2 is 1.88 bits per heavy atom. The van der Waals surface area contributed by atoms with Gasteiger partial charge < -0.3 is 14.1 Å². The predicted octanol–water partition coefficient (Wildman–Crippen LogP) is 4.71. The van der Waals surface area contributed by atoms with Crippen LogP contribution in [0.2, 0.25) is 0 Å². The first-order valence-corrected chi connectivity index (χ1v) is 9.90. The van der Waals surface area contributed by atoms with Crippen molar-refractivity contribution in [2.75, 3.05) is 7.11 Å². The molecular weight excluding hydrogens is 451 g/mol. The van der Waals surface area contributed by atoms with Crippen LogP contribution in [0.1, 0.15) is 17.0 Å². The first-order valence-electron chi connectivity index (χ1n) is 9.90. The number of alkyl halides is 3. The number of rotatable bonds is 3. The molecule has 5 aromatic rings. The van der Waals surface area contributed by atoms with Gasteiger partial charge in [0.25, 0.3) is 5.56 Å². The minimum absolute atomic E-state index is 0.0971. The maximum atomic E-state index is 13.9. The summed E-state index contributed by atoms with van der Waals surface area (Å²) >= 11 is 0. The number of nitrogens with zero attached hydrogens (tertiary/aromatic N) is 4. The zero-order valence-electron chi connectivity index (χ0n) is 17.7. The monoisotopic (exact) mass is 465 g/mol.